The lowest BCUT2D eigenvalue weighted by molar-refractivity contribution is -0.147. The summed E-state index contributed by atoms with van der Waals surface area (Å²) >= 11 is 3.40. The zero-order valence-corrected chi connectivity index (χ0v) is 13.0. The van der Waals surface area contributed by atoms with Gasteiger partial charge in [0.25, 0.3) is 0 Å². The van der Waals surface area contributed by atoms with E-state index in [9.17, 15) is 9.18 Å². The number of nitrogens with zero attached hydrogens (tertiary/aromatic N) is 1. The van der Waals surface area contributed by atoms with Gasteiger partial charge in [0.2, 0.25) is 0 Å². The van der Waals surface area contributed by atoms with Gasteiger partial charge in [-0.3, -0.25) is 4.90 Å². The molecule has 0 spiro atoms. The van der Waals surface area contributed by atoms with Gasteiger partial charge in [-0.15, -0.1) is 0 Å². The number of ether oxygens (including phenoxy) is 1. The number of hydrogen-bond acceptors (Lipinski definition) is 4. The minimum absolute atomic E-state index is 0.356. The summed E-state index contributed by atoms with van der Waals surface area (Å²) in [5.41, 5.74) is 0.610. The van der Waals surface area contributed by atoms with E-state index in [4.69, 9.17) is 4.74 Å². The van der Waals surface area contributed by atoms with Gasteiger partial charge in [0.1, 0.15) is 11.9 Å². The normalized spacial score (nSPS) is 18.4. The fourth-order valence-electron chi connectivity index (χ4n) is 2.43. The zero-order chi connectivity index (χ0) is 14.5. The van der Waals surface area contributed by atoms with Crippen molar-refractivity contribution < 1.29 is 13.9 Å². The second-order valence-corrected chi connectivity index (χ2v) is 5.59. The Kier molecular flexibility index (Phi) is 5.51. The Balaban J connectivity index is 2.35. The Morgan fingerprint density at radius 2 is 2.25 bits per heavy atom. The standard InChI is InChI=1S/C14H18BrFN2O2/c1-20-14(19)13(18-7-2-5-17-6-8-18)11-9-10(16)3-4-12(11)15/h3-4,9,13,17H,2,5-8H2,1H3. The summed E-state index contributed by atoms with van der Waals surface area (Å²) in [5.74, 6) is -0.719. The van der Waals surface area contributed by atoms with Gasteiger partial charge in [-0.25, -0.2) is 9.18 Å². The van der Waals surface area contributed by atoms with E-state index < -0.39 is 6.04 Å². The van der Waals surface area contributed by atoms with Gasteiger partial charge >= 0.3 is 5.97 Å². The summed E-state index contributed by atoms with van der Waals surface area (Å²) < 4.78 is 19.1. The Bertz CT molecular complexity index is 476. The first-order valence-electron chi connectivity index (χ1n) is 6.61. The number of carbonyl (C=O) groups is 1. The van der Waals surface area contributed by atoms with Gasteiger partial charge in [0.15, 0.2) is 0 Å². The molecule has 1 unspecified atom stereocenters. The molecule has 0 radical (unpaired) electrons. The van der Waals surface area contributed by atoms with Crippen LogP contribution in [0, 0.1) is 5.82 Å². The topological polar surface area (TPSA) is 41.6 Å². The molecule has 1 aromatic rings. The Morgan fingerprint density at radius 1 is 1.45 bits per heavy atom. The smallest absolute Gasteiger partial charge is 0.327 e. The first kappa shape index (κ1) is 15.4. The lowest BCUT2D eigenvalue weighted by Gasteiger charge is -2.29. The summed E-state index contributed by atoms with van der Waals surface area (Å²) in [6.45, 7) is 3.23. The van der Waals surface area contributed by atoms with Gasteiger partial charge in [-0.2, -0.15) is 0 Å². The highest BCUT2D eigenvalue weighted by molar-refractivity contribution is 9.10. The molecule has 110 valence electrons. The van der Waals surface area contributed by atoms with Crippen molar-refractivity contribution in [2.75, 3.05) is 33.3 Å². The van der Waals surface area contributed by atoms with Crippen LogP contribution in [0.15, 0.2) is 22.7 Å². The van der Waals surface area contributed by atoms with Gasteiger partial charge in [-0.1, -0.05) is 15.9 Å². The van der Waals surface area contributed by atoms with E-state index in [0.717, 1.165) is 32.6 Å². The first-order valence-corrected chi connectivity index (χ1v) is 7.40. The highest BCUT2D eigenvalue weighted by Gasteiger charge is 2.30. The molecule has 1 aliphatic rings. The highest BCUT2D eigenvalue weighted by atomic mass is 79.9. The van der Waals surface area contributed by atoms with Crippen LogP contribution in [0.25, 0.3) is 0 Å². The molecule has 6 heteroatoms. The molecule has 20 heavy (non-hydrogen) atoms. The Hall–Kier alpha value is -0.980. The summed E-state index contributed by atoms with van der Waals surface area (Å²) in [7, 11) is 1.36. The van der Waals surface area contributed by atoms with Crippen molar-refractivity contribution in [3.63, 3.8) is 0 Å². The van der Waals surface area contributed by atoms with Crippen molar-refractivity contribution in [3.05, 3.63) is 34.1 Å². The van der Waals surface area contributed by atoms with E-state index in [0.29, 0.717) is 10.0 Å². The van der Waals surface area contributed by atoms with Crippen molar-refractivity contribution in [1.82, 2.24) is 10.2 Å². The molecule has 1 heterocycles. The quantitative estimate of drug-likeness (QED) is 0.852. The summed E-state index contributed by atoms with van der Waals surface area (Å²) in [4.78, 5) is 14.2. The molecule has 2 rings (SSSR count). The van der Waals surface area contributed by atoms with Crippen molar-refractivity contribution in [2.24, 2.45) is 0 Å². The van der Waals surface area contributed by atoms with E-state index in [-0.39, 0.29) is 11.8 Å². The number of halogens is 2. The van der Waals surface area contributed by atoms with E-state index >= 15 is 0 Å². The van der Waals surface area contributed by atoms with Crippen LogP contribution in [-0.2, 0) is 9.53 Å². The SMILES string of the molecule is COC(=O)C(c1cc(F)ccc1Br)N1CCCNCC1. The third-order valence-electron chi connectivity index (χ3n) is 3.42. The van der Waals surface area contributed by atoms with Gasteiger partial charge in [0, 0.05) is 24.1 Å². The molecule has 0 aliphatic carbocycles. The van der Waals surface area contributed by atoms with Crippen LogP contribution in [-0.4, -0.2) is 44.2 Å². The van der Waals surface area contributed by atoms with Gasteiger partial charge in [-0.05, 0) is 36.7 Å². The number of carbonyl (C=O) groups excluding carboxylic acids is 1. The number of methoxy groups -OCH3 is 1. The molecule has 1 saturated heterocycles. The molecule has 0 bridgehead atoms. The predicted molar refractivity (Wildman–Crippen MR) is 77.9 cm³/mol. The van der Waals surface area contributed by atoms with Crippen LogP contribution >= 0.6 is 15.9 Å². The third-order valence-corrected chi connectivity index (χ3v) is 4.14. The molecule has 1 aliphatic heterocycles. The number of esters is 1. The summed E-state index contributed by atoms with van der Waals surface area (Å²) in [6.07, 6.45) is 0.945. The lowest BCUT2D eigenvalue weighted by Crippen LogP contribution is -2.37. The third kappa shape index (κ3) is 3.56. The average Bonchev–Trinajstić information content (AvgIpc) is 2.72. The molecule has 0 saturated carbocycles. The molecule has 0 aromatic heterocycles. The fourth-order valence-corrected chi connectivity index (χ4v) is 2.90. The number of hydrogen-bond donors (Lipinski definition) is 1. The molecule has 0 amide bonds. The lowest BCUT2D eigenvalue weighted by atomic mass is 10.0. The Morgan fingerprint density at radius 3 is 3.00 bits per heavy atom. The molecule has 1 fully saturated rings. The van der Waals surface area contributed by atoms with Crippen LogP contribution < -0.4 is 5.32 Å². The van der Waals surface area contributed by atoms with E-state index in [1.807, 2.05) is 4.90 Å². The molecule has 1 atom stereocenters. The number of rotatable bonds is 3. The maximum Gasteiger partial charge on any atom is 0.327 e. The minimum atomic E-state index is -0.579. The van der Waals surface area contributed by atoms with E-state index in [1.54, 1.807) is 6.07 Å². The number of benzene rings is 1. The number of nitrogens with one attached hydrogen (secondary N) is 1. The monoisotopic (exact) mass is 344 g/mol. The Labute approximate surface area is 126 Å². The van der Waals surface area contributed by atoms with E-state index in [1.165, 1.54) is 19.2 Å². The summed E-state index contributed by atoms with van der Waals surface area (Å²) in [5, 5.41) is 3.29. The molecule has 4 nitrogen and oxygen atoms in total. The molecule has 1 aromatic carbocycles. The highest BCUT2D eigenvalue weighted by Crippen LogP contribution is 2.30. The first-order chi connectivity index (χ1) is 9.63. The van der Waals surface area contributed by atoms with E-state index in [2.05, 4.69) is 21.2 Å². The zero-order valence-electron chi connectivity index (χ0n) is 11.4. The molecular weight excluding hydrogens is 327 g/mol. The molecular formula is C14H18BrFN2O2. The van der Waals surface area contributed by atoms with Crippen molar-refractivity contribution in [3.8, 4) is 0 Å². The van der Waals surface area contributed by atoms with Crippen molar-refractivity contribution in [1.29, 1.82) is 0 Å². The van der Waals surface area contributed by atoms with Crippen LogP contribution in [0.4, 0.5) is 4.39 Å². The van der Waals surface area contributed by atoms with Crippen LogP contribution in [0.2, 0.25) is 0 Å². The van der Waals surface area contributed by atoms with Crippen LogP contribution in [0.5, 0.6) is 0 Å². The second-order valence-electron chi connectivity index (χ2n) is 4.73. The maximum atomic E-state index is 13.5. The summed E-state index contributed by atoms with van der Waals surface area (Å²) in [6, 6.07) is 3.80. The van der Waals surface area contributed by atoms with Crippen LogP contribution in [0.3, 0.4) is 0 Å². The minimum Gasteiger partial charge on any atom is -0.468 e. The van der Waals surface area contributed by atoms with Gasteiger partial charge in [0.05, 0.1) is 7.11 Å². The fraction of sp³-hybridized carbons (Fsp3) is 0.500. The van der Waals surface area contributed by atoms with Gasteiger partial charge < -0.3 is 10.1 Å². The average molecular weight is 345 g/mol. The van der Waals surface area contributed by atoms with Crippen LogP contribution in [0.1, 0.15) is 18.0 Å². The van der Waals surface area contributed by atoms with Crippen molar-refractivity contribution in [2.45, 2.75) is 12.5 Å². The maximum absolute atomic E-state index is 13.5. The molecule has 1 N–H and O–H groups in total. The van der Waals surface area contributed by atoms with Crippen molar-refractivity contribution >= 4 is 21.9 Å². The largest absolute Gasteiger partial charge is 0.468 e. The predicted octanol–water partition coefficient (Wildman–Crippen LogP) is 2.10. The second kappa shape index (κ2) is 7.15.